The van der Waals surface area contributed by atoms with Gasteiger partial charge in [-0.2, -0.15) is 0 Å². The standard InChI is InChI=1S/CH2I.6HI.K.3S2.3V.Y/c1-2;;;;;;;;3*1-2;;;;/h1H2;6*1H;;;;;;;;/q-1;;;;;;;+1;;;;;;;/i/hD6. The molecule has 0 fully saturated rings. The van der Waals surface area contributed by atoms with Crippen molar-refractivity contribution in [2.24, 2.45) is 0 Å². The van der Waals surface area contributed by atoms with Gasteiger partial charge in [0.25, 0.3) is 0 Å². The van der Waals surface area contributed by atoms with Crippen LogP contribution in [0.3, 0.4) is 0 Å². The van der Waals surface area contributed by atoms with Crippen LogP contribution in [0.25, 0.3) is 0 Å². The van der Waals surface area contributed by atoms with E-state index in [1.54, 1.807) is 0 Å². The molecule has 1 radical (unpaired) electrons. The second-order valence-electron chi connectivity index (χ2n) is 0.224. The van der Waals surface area contributed by atoms with Crippen LogP contribution in [-0.4, -0.2) is 3.56 Å². The van der Waals surface area contributed by atoms with Gasteiger partial charge in [-0.1, -0.05) is 0 Å². The molecular formula is CH8I7KS6V3Y. The first-order valence-electron chi connectivity index (χ1n) is 3.58. The van der Waals surface area contributed by atoms with Gasteiger partial charge in [-0.15, -0.1) is 143 Å². The van der Waals surface area contributed by atoms with Crippen molar-refractivity contribution in [2.45, 2.75) is 0 Å². The van der Waals surface area contributed by atoms with Crippen molar-refractivity contribution in [3.8, 4) is 0 Å². The maximum atomic E-state index is 5.72. The molecule has 0 spiro atoms. The Kier molecular flexibility index (Phi) is 268. The van der Waals surface area contributed by atoms with Crippen LogP contribution in [0.2, 0.25) is 0 Å². The SMILES string of the molecule is S=[S]=[V].S=[S]=[V].S=[S]=[V].[2H]I.[2H]I.[2H]I.[2H]I.[2H]I.[2H]I.[CH2-]I.[K+].[Y]. The predicted molar refractivity (Wildman–Crippen MR) is 156 cm³/mol. The van der Waals surface area contributed by atoms with Crippen LogP contribution in [0.4, 0.5) is 0 Å². The topological polar surface area (TPSA) is 0 Å². The summed E-state index contributed by atoms with van der Waals surface area (Å²) in [6, 6.07) is 0. The summed E-state index contributed by atoms with van der Waals surface area (Å²) in [6.45, 7) is 0. The maximum absolute atomic E-state index is 5.72. The van der Waals surface area contributed by atoms with Gasteiger partial charge in [0.1, 0.15) is 3.56 Å². The number of halogens is 7. The molecule has 18 heteroatoms. The monoisotopic (exact) mass is 1390 g/mol. The Morgan fingerprint density at radius 3 is 0.737 bits per heavy atom. The summed E-state index contributed by atoms with van der Waals surface area (Å²) in [4.78, 5) is 3.22. The van der Waals surface area contributed by atoms with E-state index in [1.165, 1.54) is 167 Å². The van der Waals surface area contributed by atoms with E-state index in [0.717, 1.165) is 0 Å². The molecule has 0 aliphatic carbocycles. The fourth-order valence-electron chi connectivity index (χ4n) is 0. The van der Waals surface area contributed by atoms with Crippen molar-refractivity contribution in [2.75, 3.05) is 0 Å². The van der Waals surface area contributed by atoms with Crippen LogP contribution in [0, 0.1) is 4.93 Å². The zero-order valence-electron chi connectivity index (χ0n) is 14.7. The zero-order chi connectivity index (χ0) is 22.1. The zero-order valence-corrected chi connectivity index (χ0v) is 38.9. The van der Waals surface area contributed by atoms with Gasteiger partial charge in [0.15, 0.2) is 0 Å². The quantitative estimate of drug-likeness (QED) is 0.207. The van der Waals surface area contributed by atoms with Gasteiger partial charge >= 0.3 is 156 Å². The van der Waals surface area contributed by atoms with Gasteiger partial charge < -0.3 is 22.6 Å². The van der Waals surface area contributed by atoms with Gasteiger partial charge in [0, 0.05) is 32.7 Å². The molecule has 19 heavy (non-hydrogen) atoms. The fourth-order valence-corrected chi connectivity index (χ4v) is 0. The molecule has 0 unspecified atom stereocenters. The molecule has 0 saturated heterocycles. The molecule has 0 aliphatic heterocycles. The minimum absolute atomic E-state index is 0. The largest absolute Gasteiger partial charge is 1.00 e. The summed E-state index contributed by atoms with van der Waals surface area (Å²) in [5.41, 5.74) is 0. The first-order chi connectivity index (χ1) is 11.2. The molecule has 0 bridgehead atoms. The second-order valence-corrected chi connectivity index (χ2v) is 8.30. The van der Waals surface area contributed by atoms with Gasteiger partial charge in [0.2, 0.25) is 0 Å². The van der Waals surface area contributed by atoms with E-state index in [4.69, 9.17) is 3.56 Å². The third kappa shape index (κ3) is 176. The van der Waals surface area contributed by atoms with Crippen LogP contribution in [0.5, 0.6) is 0 Å². The van der Waals surface area contributed by atoms with E-state index in [9.17, 15) is 0 Å². The molecule has 0 aromatic heterocycles. The van der Waals surface area contributed by atoms with E-state index in [0.29, 0.717) is 0 Å². The van der Waals surface area contributed by atoms with Crippen LogP contribution >= 0.6 is 165 Å². The smallest absolute Gasteiger partial charge is 0.319 e. The third-order valence-electron chi connectivity index (χ3n) is 0. The van der Waals surface area contributed by atoms with Gasteiger partial charge in [-0.3, -0.25) is 4.93 Å². The van der Waals surface area contributed by atoms with E-state index >= 15 is 0 Å². The molecule has 0 saturated carbocycles. The van der Waals surface area contributed by atoms with E-state index in [1.807, 2.05) is 22.6 Å². The normalized spacial score (nSPS) is 4.26. The van der Waals surface area contributed by atoms with Crippen molar-refractivity contribution >= 4 is 223 Å². The van der Waals surface area contributed by atoms with Crippen LogP contribution < -0.4 is 51.4 Å². The second kappa shape index (κ2) is 116. The molecule has 116 valence electrons. The Labute approximate surface area is 351 Å². The maximum Gasteiger partial charge on any atom is 1.00 e. The Bertz CT molecular complexity index is 152. The summed E-state index contributed by atoms with van der Waals surface area (Å²) in [5, 5.41) is 0. The minimum atomic E-state index is 0. The van der Waals surface area contributed by atoms with Gasteiger partial charge in [0.05, 0.1) is 0 Å². The molecular weight excluding hydrogens is 1370 g/mol. The van der Waals surface area contributed by atoms with Crippen molar-refractivity contribution < 1.29 is 131 Å². The molecule has 0 aliphatic rings. The Morgan fingerprint density at radius 1 is 0.737 bits per heavy atom. The Morgan fingerprint density at radius 2 is 0.737 bits per heavy atom. The van der Waals surface area contributed by atoms with Crippen molar-refractivity contribution in [1.29, 1.82) is 3.56 Å². The first kappa shape index (κ1) is 43.7. The average molecular weight is 1390 g/mol. The third-order valence-corrected chi connectivity index (χ3v) is 0. The number of rotatable bonds is 0. The Hall–Kier alpha value is 10.9. The average Bonchev–Trinajstić information content (AvgIpc) is 2.68. The van der Waals surface area contributed by atoms with Gasteiger partial charge in [-0.05, 0) is 0 Å². The summed E-state index contributed by atoms with van der Waals surface area (Å²) in [6.07, 6.45) is 0. The van der Waals surface area contributed by atoms with Gasteiger partial charge in [-0.25, -0.2) is 0 Å². The molecule has 0 rings (SSSR count). The van der Waals surface area contributed by atoms with Crippen LogP contribution in [0.15, 0.2) is 0 Å². The first-order valence-corrected chi connectivity index (χ1v) is 13.1. The molecule has 0 aromatic carbocycles. The summed E-state index contributed by atoms with van der Waals surface area (Å²) < 4.78 is 34.3. The molecule has 0 N–H and O–H groups in total. The summed E-state index contributed by atoms with van der Waals surface area (Å²) in [5.74, 6) is 0. The van der Waals surface area contributed by atoms with Crippen molar-refractivity contribution in [1.82, 2.24) is 0 Å². The van der Waals surface area contributed by atoms with E-state index in [2.05, 4.69) is 85.7 Å². The Balaban J connectivity index is -0.00000000750. The van der Waals surface area contributed by atoms with Crippen LogP contribution in [-0.2, 0) is 137 Å². The summed E-state index contributed by atoms with van der Waals surface area (Å²) >= 11 is 29.7. The fraction of sp³-hybridized carbons (Fsp3) is 0. The molecule has 0 amide bonds. The molecule has 0 atom stereocenters. The van der Waals surface area contributed by atoms with Crippen molar-refractivity contribution in [3.63, 3.8) is 0 Å². The number of hydrogen-bond donors (Lipinski definition) is 0. The molecule has 0 aromatic rings. The minimum Gasteiger partial charge on any atom is -0.319 e. The summed E-state index contributed by atoms with van der Waals surface area (Å²) in [7, 11) is 3.81. The van der Waals surface area contributed by atoms with E-state index in [-0.39, 0.29) is 84.1 Å². The van der Waals surface area contributed by atoms with Crippen LogP contribution in [0.1, 0.15) is 0 Å². The predicted octanol–water partition coefficient (Wildman–Crippen LogP) is 1.90. The van der Waals surface area contributed by atoms with E-state index < -0.39 is 0 Å². The molecule has 0 nitrogen and oxygen atoms in total. The number of hydrogen-bond acceptors (Lipinski definition) is 3. The van der Waals surface area contributed by atoms with Crippen molar-refractivity contribution in [3.05, 3.63) is 4.93 Å². The molecule has 0 heterocycles.